The highest BCUT2D eigenvalue weighted by molar-refractivity contribution is 5.97. The van der Waals surface area contributed by atoms with Crippen LogP contribution >= 0.6 is 0 Å². The molecule has 3 heterocycles. The molecule has 0 aliphatic carbocycles. The van der Waals surface area contributed by atoms with E-state index in [1.807, 2.05) is 60.7 Å². The minimum Gasteiger partial charge on any atom is -0.334 e. The Morgan fingerprint density at radius 3 is 2.53 bits per heavy atom. The zero-order chi connectivity index (χ0) is 20.5. The molecular weight excluding hydrogens is 374 g/mol. The monoisotopic (exact) mass is 395 g/mol. The second kappa shape index (κ2) is 7.59. The quantitative estimate of drug-likeness (QED) is 0.532. The van der Waals surface area contributed by atoms with Gasteiger partial charge in [0.05, 0.1) is 6.54 Å². The minimum atomic E-state index is -0.297. The van der Waals surface area contributed by atoms with Crippen LogP contribution in [0.25, 0.3) is 11.0 Å². The first-order chi connectivity index (χ1) is 14.7. The summed E-state index contributed by atoms with van der Waals surface area (Å²) in [7, 11) is 0. The first kappa shape index (κ1) is 18.3. The maximum Gasteiger partial charge on any atom is 0.265 e. The number of pyridine rings is 2. The summed E-state index contributed by atoms with van der Waals surface area (Å²) in [4.78, 5) is 33.0. The van der Waals surface area contributed by atoms with Gasteiger partial charge in [-0.05, 0) is 41.3 Å². The summed E-state index contributed by atoms with van der Waals surface area (Å²) in [6.45, 7) is 1.51. The van der Waals surface area contributed by atoms with Crippen LogP contribution in [0.5, 0.6) is 0 Å². The average Bonchev–Trinajstić information content (AvgIpc) is 2.80. The number of benzene rings is 2. The summed E-state index contributed by atoms with van der Waals surface area (Å²) >= 11 is 0. The molecule has 0 saturated heterocycles. The van der Waals surface area contributed by atoms with Gasteiger partial charge in [-0.15, -0.1) is 0 Å². The van der Waals surface area contributed by atoms with E-state index in [1.165, 1.54) is 5.56 Å². The Balaban J connectivity index is 1.57. The van der Waals surface area contributed by atoms with E-state index in [-0.39, 0.29) is 17.0 Å². The van der Waals surface area contributed by atoms with Crippen molar-refractivity contribution in [3.8, 4) is 0 Å². The van der Waals surface area contributed by atoms with E-state index in [4.69, 9.17) is 0 Å². The van der Waals surface area contributed by atoms with E-state index >= 15 is 0 Å². The molecule has 0 N–H and O–H groups in total. The van der Waals surface area contributed by atoms with E-state index in [2.05, 4.69) is 11.1 Å². The summed E-state index contributed by atoms with van der Waals surface area (Å²) in [6, 6.07) is 23.3. The summed E-state index contributed by atoms with van der Waals surface area (Å²) in [5.41, 5.74) is 3.89. The molecular formula is C25H21N3O2. The van der Waals surface area contributed by atoms with E-state index < -0.39 is 0 Å². The Morgan fingerprint density at radius 1 is 0.933 bits per heavy atom. The number of carbonyl (C=O) groups is 1. The van der Waals surface area contributed by atoms with Gasteiger partial charge in [0.2, 0.25) is 0 Å². The summed E-state index contributed by atoms with van der Waals surface area (Å²) in [6.07, 6.45) is 2.47. The molecule has 1 amide bonds. The molecule has 0 spiro atoms. The highest BCUT2D eigenvalue weighted by Crippen LogP contribution is 2.21. The molecule has 0 bridgehead atoms. The Kier molecular flexibility index (Phi) is 4.64. The molecule has 2 aromatic carbocycles. The zero-order valence-electron chi connectivity index (χ0n) is 16.5. The normalized spacial score (nSPS) is 13.3. The molecule has 0 unspecified atom stereocenters. The van der Waals surface area contributed by atoms with Crippen LogP contribution in [-0.2, 0) is 19.5 Å². The summed E-state index contributed by atoms with van der Waals surface area (Å²) < 4.78 is 1.61. The van der Waals surface area contributed by atoms with E-state index in [0.29, 0.717) is 25.3 Å². The summed E-state index contributed by atoms with van der Waals surface area (Å²) in [5, 5.41) is 0.786. The van der Waals surface area contributed by atoms with Crippen molar-refractivity contribution in [1.29, 1.82) is 0 Å². The van der Waals surface area contributed by atoms with Gasteiger partial charge in [-0.3, -0.25) is 14.2 Å². The van der Waals surface area contributed by atoms with Crippen LogP contribution in [0.2, 0.25) is 0 Å². The van der Waals surface area contributed by atoms with E-state index in [9.17, 15) is 9.59 Å². The highest BCUT2D eigenvalue weighted by Gasteiger charge is 2.25. The van der Waals surface area contributed by atoms with Gasteiger partial charge in [0.15, 0.2) is 0 Å². The standard InChI is InChI=1S/C25H21N3O2/c29-24(27-14-12-19-9-4-5-10-21(19)17-27)22-15-20-11-6-13-26-23(20)28(25(22)30)16-18-7-2-1-3-8-18/h1-11,13,15H,12,14,16-17H2. The van der Waals surface area contributed by atoms with Gasteiger partial charge >= 0.3 is 0 Å². The lowest BCUT2D eigenvalue weighted by molar-refractivity contribution is 0.0732. The van der Waals surface area contributed by atoms with Gasteiger partial charge in [0.25, 0.3) is 11.5 Å². The third-order valence-corrected chi connectivity index (χ3v) is 5.68. The topological polar surface area (TPSA) is 55.2 Å². The van der Waals surface area contributed by atoms with Gasteiger partial charge in [0.1, 0.15) is 11.2 Å². The van der Waals surface area contributed by atoms with Gasteiger partial charge in [0, 0.05) is 24.7 Å². The number of amides is 1. The number of rotatable bonds is 3. The molecule has 5 nitrogen and oxygen atoms in total. The minimum absolute atomic E-state index is 0.200. The number of hydrogen-bond donors (Lipinski definition) is 0. The number of nitrogens with zero attached hydrogens (tertiary/aromatic N) is 3. The molecule has 1 aliphatic rings. The summed E-state index contributed by atoms with van der Waals surface area (Å²) in [5.74, 6) is -0.220. The van der Waals surface area contributed by atoms with Crippen molar-refractivity contribution >= 4 is 16.9 Å². The SMILES string of the molecule is O=C(c1cc2cccnc2n(Cc2ccccc2)c1=O)N1CCc2ccccc2C1. The van der Waals surface area contributed by atoms with Crippen molar-refractivity contribution in [1.82, 2.24) is 14.5 Å². The lowest BCUT2D eigenvalue weighted by atomic mass is 9.99. The Bertz CT molecular complexity index is 1290. The number of hydrogen-bond acceptors (Lipinski definition) is 3. The largest absolute Gasteiger partial charge is 0.334 e. The predicted octanol–water partition coefficient (Wildman–Crippen LogP) is 3.64. The third-order valence-electron chi connectivity index (χ3n) is 5.68. The lowest BCUT2D eigenvalue weighted by Crippen LogP contribution is -2.40. The number of carbonyl (C=O) groups excluding carboxylic acids is 1. The molecule has 1 aliphatic heterocycles. The van der Waals surface area contributed by atoms with Gasteiger partial charge < -0.3 is 4.90 Å². The fraction of sp³-hybridized carbons (Fsp3) is 0.160. The highest BCUT2D eigenvalue weighted by atomic mass is 16.2. The molecule has 5 heteroatoms. The smallest absolute Gasteiger partial charge is 0.265 e. The van der Waals surface area contributed by atoms with Crippen LogP contribution in [0.1, 0.15) is 27.0 Å². The molecule has 0 fully saturated rings. The van der Waals surface area contributed by atoms with Crippen LogP contribution in [0.3, 0.4) is 0 Å². The fourth-order valence-corrected chi connectivity index (χ4v) is 4.11. The molecule has 4 aromatic rings. The zero-order valence-corrected chi connectivity index (χ0v) is 16.5. The Labute approximate surface area is 174 Å². The molecule has 0 saturated carbocycles. The van der Waals surface area contributed by atoms with Gasteiger partial charge in [-0.1, -0.05) is 54.6 Å². The van der Waals surface area contributed by atoms with Crippen molar-refractivity contribution in [2.75, 3.05) is 6.54 Å². The molecule has 30 heavy (non-hydrogen) atoms. The van der Waals surface area contributed by atoms with Crippen molar-refractivity contribution < 1.29 is 4.79 Å². The van der Waals surface area contributed by atoms with Gasteiger partial charge in [-0.2, -0.15) is 0 Å². The molecule has 0 radical (unpaired) electrons. The Hall–Kier alpha value is -3.73. The third kappa shape index (κ3) is 3.28. The van der Waals surface area contributed by atoms with Crippen LogP contribution in [-0.4, -0.2) is 26.9 Å². The van der Waals surface area contributed by atoms with Crippen LogP contribution < -0.4 is 5.56 Å². The van der Waals surface area contributed by atoms with Gasteiger partial charge in [-0.25, -0.2) is 4.98 Å². The maximum absolute atomic E-state index is 13.4. The molecule has 5 rings (SSSR count). The van der Waals surface area contributed by atoms with E-state index in [1.54, 1.807) is 21.7 Å². The van der Waals surface area contributed by atoms with E-state index in [0.717, 1.165) is 22.9 Å². The van der Waals surface area contributed by atoms with Crippen molar-refractivity contribution in [2.24, 2.45) is 0 Å². The predicted molar refractivity (Wildman–Crippen MR) is 116 cm³/mol. The van der Waals surface area contributed by atoms with Crippen LogP contribution in [0.4, 0.5) is 0 Å². The number of fused-ring (bicyclic) bond motifs is 2. The number of aromatic nitrogens is 2. The van der Waals surface area contributed by atoms with Crippen molar-refractivity contribution in [2.45, 2.75) is 19.5 Å². The molecule has 0 atom stereocenters. The lowest BCUT2D eigenvalue weighted by Gasteiger charge is -2.29. The van der Waals surface area contributed by atoms with Crippen LogP contribution in [0, 0.1) is 0 Å². The first-order valence-corrected chi connectivity index (χ1v) is 10.1. The average molecular weight is 395 g/mol. The fourth-order valence-electron chi connectivity index (χ4n) is 4.11. The van der Waals surface area contributed by atoms with Crippen molar-refractivity contribution in [3.05, 3.63) is 112 Å². The second-order valence-corrected chi connectivity index (χ2v) is 7.60. The Morgan fingerprint density at radius 2 is 1.70 bits per heavy atom. The maximum atomic E-state index is 13.4. The first-order valence-electron chi connectivity index (χ1n) is 10.1. The van der Waals surface area contributed by atoms with Crippen molar-refractivity contribution in [3.63, 3.8) is 0 Å². The second-order valence-electron chi connectivity index (χ2n) is 7.60. The molecule has 148 valence electrons. The molecule has 2 aromatic heterocycles. The van der Waals surface area contributed by atoms with Crippen LogP contribution in [0.15, 0.2) is 83.8 Å².